The number of carbonyl (C=O) groups is 1. The van der Waals surface area contributed by atoms with Gasteiger partial charge in [-0.15, -0.1) is 0 Å². The van der Waals surface area contributed by atoms with Gasteiger partial charge in [-0.25, -0.2) is 4.79 Å². The van der Waals surface area contributed by atoms with Crippen molar-refractivity contribution in [2.24, 2.45) is 0 Å². The quantitative estimate of drug-likeness (QED) is 0.539. The Morgan fingerprint density at radius 1 is 0.929 bits per heavy atom. The number of aromatic amines is 1. The summed E-state index contributed by atoms with van der Waals surface area (Å²) in [4.78, 5) is 28.8. The lowest BCUT2D eigenvalue weighted by Crippen LogP contribution is -2.32. The van der Waals surface area contributed by atoms with E-state index in [1.165, 1.54) is 0 Å². The van der Waals surface area contributed by atoms with Crippen LogP contribution in [0.2, 0.25) is 0 Å². The van der Waals surface area contributed by atoms with Crippen molar-refractivity contribution in [2.75, 3.05) is 16.8 Å². The van der Waals surface area contributed by atoms with Crippen LogP contribution in [0.25, 0.3) is 11.1 Å². The number of rotatable bonds is 6. The number of benzene rings is 3. The smallest absolute Gasteiger partial charge is 0.406 e. The zero-order valence-electron chi connectivity index (χ0n) is 15.1. The molecule has 0 unspecified atom stereocenters. The number of amides is 1. The Labute approximate surface area is 161 Å². The minimum Gasteiger partial charge on any atom is -0.406 e. The molecular formula is C22H19N3O3. The van der Waals surface area contributed by atoms with Gasteiger partial charge in [0.2, 0.25) is 5.91 Å². The van der Waals surface area contributed by atoms with Crippen molar-refractivity contribution in [1.29, 1.82) is 0 Å². The zero-order chi connectivity index (χ0) is 19.3. The van der Waals surface area contributed by atoms with Crippen LogP contribution in [0.15, 0.2) is 88.1 Å². The molecule has 6 heteroatoms. The highest BCUT2D eigenvalue weighted by Crippen LogP contribution is 2.21. The number of para-hydroxylation sites is 2. The van der Waals surface area contributed by atoms with Gasteiger partial charge in [-0.2, -0.15) is 0 Å². The van der Waals surface area contributed by atoms with E-state index in [0.717, 1.165) is 11.3 Å². The fraction of sp³-hybridized carbons (Fsp3) is 0.0909. The molecule has 0 aliphatic carbocycles. The van der Waals surface area contributed by atoms with Gasteiger partial charge in [0, 0.05) is 12.2 Å². The molecule has 0 aliphatic rings. The molecule has 3 aromatic carbocycles. The maximum Gasteiger partial charge on any atom is 0.417 e. The average molecular weight is 373 g/mol. The van der Waals surface area contributed by atoms with Crippen LogP contribution in [0.5, 0.6) is 0 Å². The van der Waals surface area contributed by atoms with Crippen molar-refractivity contribution in [1.82, 2.24) is 4.98 Å². The maximum absolute atomic E-state index is 12.8. The lowest BCUT2D eigenvalue weighted by molar-refractivity contribution is -0.115. The third kappa shape index (κ3) is 3.96. The molecular weight excluding hydrogens is 354 g/mol. The largest absolute Gasteiger partial charge is 0.417 e. The van der Waals surface area contributed by atoms with E-state index in [0.29, 0.717) is 23.3 Å². The van der Waals surface area contributed by atoms with Crippen molar-refractivity contribution in [3.63, 3.8) is 0 Å². The Bertz CT molecular complexity index is 1130. The van der Waals surface area contributed by atoms with E-state index >= 15 is 0 Å². The first-order chi connectivity index (χ1) is 13.7. The Morgan fingerprint density at radius 3 is 2.39 bits per heavy atom. The van der Waals surface area contributed by atoms with Crippen LogP contribution in [0.3, 0.4) is 0 Å². The normalized spacial score (nSPS) is 10.7. The molecule has 1 aromatic heterocycles. The molecule has 1 heterocycles. The van der Waals surface area contributed by atoms with Crippen LogP contribution in [-0.2, 0) is 11.3 Å². The van der Waals surface area contributed by atoms with Gasteiger partial charge in [0.25, 0.3) is 0 Å². The summed E-state index contributed by atoms with van der Waals surface area (Å²) in [7, 11) is 0. The van der Waals surface area contributed by atoms with Gasteiger partial charge in [-0.3, -0.25) is 9.78 Å². The van der Waals surface area contributed by atoms with Crippen molar-refractivity contribution in [3.8, 4) is 0 Å². The molecule has 4 aromatic rings. The number of hydrogen-bond acceptors (Lipinski definition) is 4. The highest BCUT2D eigenvalue weighted by molar-refractivity contribution is 6.00. The summed E-state index contributed by atoms with van der Waals surface area (Å²) in [5.74, 6) is -0.747. The first-order valence-corrected chi connectivity index (χ1v) is 8.95. The molecule has 0 bridgehead atoms. The second kappa shape index (κ2) is 7.84. The number of aromatic nitrogens is 1. The van der Waals surface area contributed by atoms with Crippen molar-refractivity contribution in [3.05, 3.63) is 95.0 Å². The summed E-state index contributed by atoms with van der Waals surface area (Å²) >= 11 is 0. The Kier molecular flexibility index (Phi) is 4.93. The summed E-state index contributed by atoms with van der Waals surface area (Å²) in [6, 6.07) is 25.0. The molecule has 0 aliphatic heterocycles. The zero-order valence-corrected chi connectivity index (χ0v) is 15.1. The van der Waals surface area contributed by atoms with E-state index in [-0.39, 0.29) is 12.5 Å². The van der Waals surface area contributed by atoms with E-state index in [1.54, 1.807) is 18.2 Å². The molecule has 0 radical (unpaired) electrons. The number of nitrogens with zero attached hydrogens (tertiary/aromatic N) is 1. The molecule has 28 heavy (non-hydrogen) atoms. The van der Waals surface area contributed by atoms with E-state index in [9.17, 15) is 9.59 Å². The van der Waals surface area contributed by atoms with Crippen LogP contribution in [0.4, 0.5) is 11.4 Å². The Hall–Kier alpha value is -3.80. The Morgan fingerprint density at radius 2 is 1.64 bits per heavy atom. The SMILES string of the molecule is O=C(CN(Cc1ccccc1)c1ccccc1)Nc1cccc2[nH]c(=O)oc12. The number of hydrogen-bond donors (Lipinski definition) is 2. The first kappa shape index (κ1) is 17.6. The number of anilines is 2. The van der Waals surface area contributed by atoms with Crippen LogP contribution in [-0.4, -0.2) is 17.4 Å². The standard InChI is InChI=1S/C22H19N3O3/c26-20(23-18-12-7-13-19-21(18)28-22(27)24-19)15-25(17-10-5-2-6-11-17)14-16-8-3-1-4-9-16/h1-13H,14-15H2,(H,23,26)(H,24,27). The van der Waals surface area contributed by atoms with Crippen LogP contribution < -0.4 is 16.0 Å². The molecule has 0 fully saturated rings. The van der Waals surface area contributed by atoms with Gasteiger partial charge in [0.15, 0.2) is 5.58 Å². The number of H-pyrrole nitrogens is 1. The van der Waals surface area contributed by atoms with Gasteiger partial charge in [0.05, 0.1) is 17.7 Å². The lowest BCUT2D eigenvalue weighted by atomic mass is 10.2. The summed E-state index contributed by atoms with van der Waals surface area (Å²) in [5, 5.41) is 2.85. The van der Waals surface area contributed by atoms with Gasteiger partial charge in [-0.05, 0) is 29.8 Å². The first-order valence-electron chi connectivity index (χ1n) is 8.95. The van der Waals surface area contributed by atoms with Crippen LogP contribution in [0.1, 0.15) is 5.56 Å². The molecule has 2 N–H and O–H groups in total. The van der Waals surface area contributed by atoms with E-state index in [4.69, 9.17) is 4.42 Å². The second-order valence-electron chi connectivity index (χ2n) is 6.42. The predicted molar refractivity (Wildman–Crippen MR) is 109 cm³/mol. The fourth-order valence-corrected chi connectivity index (χ4v) is 3.12. The summed E-state index contributed by atoms with van der Waals surface area (Å²) in [5.41, 5.74) is 3.42. The average Bonchev–Trinajstić information content (AvgIpc) is 3.10. The molecule has 0 atom stereocenters. The summed E-state index contributed by atoms with van der Waals surface area (Å²) in [6.45, 7) is 0.756. The molecule has 1 amide bonds. The summed E-state index contributed by atoms with van der Waals surface area (Å²) < 4.78 is 5.15. The minimum atomic E-state index is -0.549. The molecule has 0 saturated heterocycles. The highest BCUT2D eigenvalue weighted by Gasteiger charge is 2.15. The number of oxazole rings is 1. The van der Waals surface area contributed by atoms with E-state index in [2.05, 4.69) is 10.3 Å². The van der Waals surface area contributed by atoms with Gasteiger partial charge in [-0.1, -0.05) is 54.6 Å². The van der Waals surface area contributed by atoms with Crippen LogP contribution >= 0.6 is 0 Å². The lowest BCUT2D eigenvalue weighted by Gasteiger charge is -2.24. The highest BCUT2D eigenvalue weighted by atomic mass is 16.4. The molecule has 6 nitrogen and oxygen atoms in total. The van der Waals surface area contributed by atoms with Gasteiger partial charge in [0.1, 0.15) is 0 Å². The number of fused-ring (bicyclic) bond motifs is 1. The van der Waals surface area contributed by atoms with Crippen LogP contribution in [0, 0.1) is 0 Å². The third-order valence-corrected chi connectivity index (χ3v) is 4.39. The second-order valence-corrected chi connectivity index (χ2v) is 6.42. The fourth-order valence-electron chi connectivity index (χ4n) is 3.12. The molecule has 0 saturated carbocycles. The minimum absolute atomic E-state index is 0.157. The van der Waals surface area contributed by atoms with Crippen molar-refractivity contribution < 1.29 is 9.21 Å². The molecule has 0 spiro atoms. The van der Waals surface area contributed by atoms with Crippen molar-refractivity contribution >= 4 is 28.4 Å². The number of nitrogens with one attached hydrogen (secondary N) is 2. The van der Waals surface area contributed by atoms with Crippen molar-refractivity contribution in [2.45, 2.75) is 6.54 Å². The Balaban J connectivity index is 1.55. The third-order valence-electron chi connectivity index (χ3n) is 4.39. The topological polar surface area (TPSA) is 78.3 Å². The van der Waals surface area contributed by atoms with Gasteiger partial charge >= 0.3 is 5.76 Å². The summed E-state index contributed by atoms with van der Waals surface area (Å²) in [6.07, 6.45) is 0. The van der Waals surface area contributed by atoms with E-state index < -0.39 is 5.76 Å². The predicted octanol–water partition coefficient (Wildman–Crippen LogP) is 3.77. The van der Waals surface area contributed by atoms with E-state index in [1.807, 2.05) is 65.6 Å². The number of carbonyl (C=O) groups excluding carboxylic acids is 1. The maximum atomic E-state index is 12.8. The van der Waals surface area contributed by atoms with Gasteiger partial charge < -0.3 is 14.6 Å². The molecule has 4 rings (SSSR count). The molecule has 140 valence electrons. The monoisotopic (exact) mass is 373 g/mol.